The maximum atomic E-state index is 12.3. The van der Waals surface area contributed by atoms with Gasteiger partial charge in [-0.3, -0.25) is 9.78 Å². The van der Waals surface area contributed by atoms with E-state index in [9.17, 15) is 4.79 Å². The molecule has 0 bridgehead atoms. The van der Waals surface area contributed by atoms with Crippen LogP contribution in [0.15, 0.2) is 36.0 Å². The van der Waals surface area contributed by atoms with E-state index in [2.05, 4.69) is 4.98 Å². The molecule has 0 radical (unpaired) electrons. The predicted octanol–water partition coefficient (Wildman–Crippen LogP) is 3.13. The minimum absolute atomic E-state index is 0.140. The molecule has 1 aliphatic rings. The summed E-state index contributed by atoms with van der Waals surface area (Å²) in [6.07, 6.45) is 6.46. The lowest BCUT2D eigenvalue weighted by Crippen LogP contribution is -2.23. The summed E-state index contributed by atoms with van der Waals surface area (Å²) in [5, 5.41) is 2.02. The first-order valence-corrected chi connectivity index (χ1v) is 6.72. The van der Waals surface area contributed by atoms with Gasteiger partial charge >= 0.3 is 0 Å². The number of carbonyl (C=O) groups excluding carboxylic acids is 1. The number of aryl methyl sites for hydroxylation is 1. The summed E-state index contributed by atoms with van der Waals surface area (Å²) >= 11 is 1.70. The van der Waals surface area contributed by atoms with Crippen LogP contribution in [0.25, 0.3) is 0 Å². The Balaban J connectivity index is 1.81. The van der Waals surface area contributed by atoms with Crippen molar-refractivity contribution >= 4 is 17.1 Å². The fourth-order valence-corrected chi connectivity index (χ4v) is 3.31. The fourth-order valence-electron chi connectivity index (χ4n) is 2.41. The van der Waals surface area contributed by atoms with Crippen molar-refractivity contribution in [3.63, 3.8) is 0 Å². The van der Waals surface area contributed by atoms with Crippen LogP contribution in [0.4, 0.5) is 0 Å². The highest BCUT2D eigenvalue weighted by Gasteiger charge is 2.28. The summed E-state index contributed by atoms with van der Waals surface area (Å²) in [5.74, 6) is 0.456. The van der Waals surface area contributed by atoms with Crippen molar-refractivity contribution < 1.29 is 4.79 Å². The van der Waals surface area contributed by atoms with Crippen molar-refractivity contribution in [2.75, 3.05) is 0 Å². The lowest BCUT2D eigenvalue weighted by molar-refractivity contribution is 0.0902. The Morgan fingerprint density at radius 1 is 1.41 bits per heavy atom. The molecule has 0 aliphatic heterocycles. The second-order valence-corrected chi connectivity index (χ2v) is 5.42. The van der Waals surface area contributed by atoms with Gasteiger partial charge in [0.05, 0.1) is 0 Å². The summed E-state index contributed by atoms with van der Waals surface area (Å²) < 4.78 is 0. The number of carbonyl (C=O) groups is 1. The zero-order valence-electron chi connectivity index (χ0n) is 9.43. The van der Waals surface area contributed by atoms with E-state index in [1.54, 1.807) is 17.5 Å². The third kappa shape index (κ3) is 2.03. The third-order valence-electron chi connectivity index (χ3n) is 3.31. The van der Waals surface area contributed by atoms with Crippen molar-refractivity contribution in [2.24, 2.45) is 5.92 Å². The maximum Gasteiger partial charge on any atom is 0.167 e. The summed E-state index contributed by atoms with van der Waals surface area (Å²) in [6.45, 7) is 0. The number of pyridine rings is 1. The first-order chi connectivity index (χ1) is 8.34. The molecular weight excluding hydrogens is 230 g/mol. The highest BCUT2D eigenvalue weighted by molar-refractivity contribution is 7.10. The van der Waals surface area contributed by atoms with Crippen LogP contribution in [0, 0.1) is 5.92 Å². The van der Waals surface area contributed by atoms with Crippen molar-refractivity contribution in [2.45, 2.75) is 19.3 Å². The monoisotopic (exact) mass is 243 g/mol. The molecule has 0 N–H and O–H groups in total. The van der Waals surface area contributed by atoms with Crippen molar-refractivity contribution in [1.29, 1.82) is 0 Å². The number of ketones is 1. The molecule has 3 heteroatoms. The number of aromatic nitrogens is 1. The molecule has 2 aromatic heterocycles. The predicted molar refractivity (Wildman–Crippen MR) is 68.4 cm³/mol. The lowest BCUT2D eigenvalue weighted by atomic mass is 9.83. The quantitative estimate of drug-likeness (QED) is 0.811. The molecule has 0 aromatic carbocycles. The molecule has 0 amide bonds. The Kier molecular flexibility index (Phi) is 2.77. The second kappa shape index (κ2) is 4.41. The van der Waals surface area contributed by atoms with Gasteiger partial charge in [0, 0.05) is 28.8 Å². The molecule has 1 atom stereocenters. The van der Waals surface area contributed by atoms with Gasteiger partial charge in [0.1, 0.15) is 0 Å². The van der Waals surface area contributed by atoms with E-state index in [4.69, 9.17) is 0 Å². The molecule has 2 aromatic rings. The normalized spacial score (nSPS) is 19.1. The first kappa shape index (κ1) is 10.7. The number of rotatable bonds is 2. The number of nitrogens with zero attached hydrogens (tertiary/aromatic N) is 1. The summed E-state index contributed by atoms with van der Waals surface area (Å²) in [7, 11) is 0. The standard InChI is InChI=1S/C14H13NOS/c16-14-11(8-10-2-1-6-15-9-10)3-4-13-12(14)5-7-17-13/h1-2,5-7,9,11H,3-4,8H2. The molecule has 17 heavy (non-hydrogen) atoms. The van der Waals surface area contributed by atoms with Crippen LogP contribution in [0.5, 0.6) is 0 Å². The number of fused-ring (bicyclic) bond motifs is 1. The van der Waals surface area contributed by atoms with Gasteiger partial charge in [-0.25, -0.2) is 0 Å². The van der Waals surface area contributed by atoms with Gasteiger partial charge in [-0.2, -0.15) is 0 Å². The molecule has 1 aliphatic carbocycles. The summed E-state index contributed by atoms with van der Waals surface area (Å²) in [4.78, 5) is 17.6. The number of hydrogen-bond donors (Lipinski definition) is 0. The molecular formula is C14H13NOS. The highest BCUT2D eigenvalue weighted by Crippen LogP contribution is 2.31. The molecule has 86 valence electrons. The smallest absolute Gasteiger partial charge is 0.167 e. The van der Waals surface area contributed by atoms with E-state index in [1.807, 2.05) is 29.8 Å². The number of Topliss-reactive ketones (excluding diaryl/α,β-unsaturated/α-hetero) is 1. The molecule has 2 nitrogen and oxygen atoms in total. The minimum atomic E-state index is 0.140. The van der Waals surface area contributed by atoms with E-state index in [1.165, 1.54) is 4.88 Å². The largest absolute Gasteiger partial charge is 0.294 e. The van der Waals surface area contributed by atoms with Gasteiger partial charge in [-0.1, -0.05) is 6.07 Å². The zero-order chi connectivity index (χ0) is 11.7. The van der Waals surface area contributed by atoms with Crippen molar-refractivity contribution in [3.05, 3.63) is 52.0 Å². The molecule has 2 heterocycles. The SMILES string of the molecule is O=C1c2ccsc2CCC1Cc1cccnc1. The van der Waals surface area contributed by atoms with Gasteiger partial charge in [0.25, 0.3) is 0 Å². The Hall–Kier alpha value is -1.48. The van der Waals surface area contributed by atoms with E-state index in [-0.39, 0.29) is 5.92 Å². The van der Waals surface area contributed by atoms with Crippen LogP contribution >= 0.6 is 11.3 Å². The molecule has 0 saturated heterocycles. The Bertz CT molecular complexity index is 532. The van der Waals surface area contributed by atoms with Crippen LogP contribution in [0.3, 0.4) is 0 Å². The zero-order valence-corrected chi connectivity index (χ0v) is 10.2. The van der Waals surface area contributed by atoms with Crippen molar-refractivity contribution in [1.82, 2.24) is 4.98 Å². The van der Waals surface area contributed by atoms with Crippen molar-refractivity contribution in [3.8, 4) is 0 Å². The summed E-state index contributed by atoms with van der Waals surface area (Å²) in [6, 6.07) is 5.94. The average Bonchev–Trinajstić information content (AvgIpc) is 2.83. The number of thiophene rings is 1. The Morgan fingerprint density at radius 2 is 2.35 bits per heavy atom. The van der Waals surface area contributed by atoms with Gasteiger partial charge < -0.3 is 0 Å². The summed E-state index contributed by atoms with van der Waals surface area (Å²) in [5.41, 5.74) is 2.11. The third-order valence-corrected chi connectivity index (χ3v) is 4.29. The van der Waals surface area contributed by atoms with Gasteiger partial charge in [-0.05, 0) is 42.3 Å². The fraction of sp³-hybridized carbons (Fsp3) is 0.286. The first-order valence-electron chi connectivity index (χ1n) is 5.84. The van der Waals surface area contributed by atoms with E-state index < -0.39 is 0 Å². The second-order valence-electron chi connectivity index (χ2n) is 4.42. The van der Waals surface area contributed by atoms with Crippen LogP contribution in [0.2, 0.25) is 0 Å². The van der Waals surface area contributed by atoms with Gasteiger partial charge in [-0.15, -0.1) is 11.3 Å². The van der Waals surface area contributed by atoms with Gasteiger partial charge in [0.15, 0.2) is 5.78 Å². The van der Waals surface area contributed by atoms with Crippen LogP contribution < -0.4 is 0 Å². The highest BCUT2D eigenvalue weighted by atomic mass is 32.1. The van der Waals surface area contributed by atoms with E-state index >= 15 is 0 Å². The molecule has 3 rings (SSSR count). The van der Waals surface area contributed by atoms with Crippen LogP contribution in [0.1, 0.15) is 27.2 Å². The van der Waals surface area contributed by atoms with Gasteiger partial charge in [0.2, 0.25) is 0 Å². The Morgan fingerprint density at radius 3 is 3.18 bits per heavy atom. The molecule has 0 saturated carbocycles. The van der Waals surface area contributed by atoms with E-state index in [0.717, 1.165) is 30.4 Å². The molecule has 0 spiro atoms. The molecule has 0 fully saturated rings. The molecule has 1 unspecified atom stereocenters. The van der Waals surface area contributed by atoms with Crippen LogP contribution in [-0.4, -0.2) is 10.8 Å². The maximum absolute atomic E-state index is 12.3. The Labute approximate surface area is 104 Å². The topological polar surface area (TPSA) is 30.0 Å². The number of hydrogen-bond acceptors (Lipinski definition) is 3. The minimum Gasteiger partial charge on any atom is -0.294 e. The lowest BCUT2D eigenvalue weighted by Gasteiger charge is -2.20. The average molecular weight is 243 g/mol. The van der Waals surface area contributed by atoms with Crippen LogP contribution in [-0.2, 0) is 12.8 Å². The van der Waals surface area contributed by atoms with E-state index in [0.29, 0.717) is 5.78 Å².